The normalized spacial score (nSPS) is 14.6. The Balaban J connectivity index is 1.49. The summed E-state index contributed by atoms with van der Waals surface area (Å²) in [4.78, 5) is 18.1. The first-order valence-electron chi connectivity index (χ1n) is 11.5. The molecule has 33 heavy (non-hydrogen) atoms. The van der Waals surface area contributed by atoms with Gasteiger partial charge in [-0.25, -0.2) is 4.98 Å². The molecular weight excluding hydrogens is 412 g/mol. The van der Waals surface area contributed by atoms with Crippen LogP contribution < -0.4 is 5.56 Å². The molecule has 0 amide bonds. The number of hydrogen-bond donors (Lipinski definition) is 0. The van der Waals surface area contributed by atoms with E-state index in [1.54, 1.807) is 12.5 Å². The molecule has 2 aromatic heterocycles. The van der Waals surface area contributed by atoms with Gasteiger partial charge in [0.25, 0.3) is 5.56 Å². The number of fused-ring (bicyclic) bond motifs is 1. The Morgan fingerprint density at radius 1 is 1.00 bits per heavy atom. The van der Waals surface area contributed by atoms with Crippen molar-refractivity contribution in [1.29, 1.82) is 0 Å². The molecule has 0 aliphatic carbocycles. The van der Waals surface area contributed by atoms with Gasteiger partial charge in [-0.2, -0.15) is 10.2 Å². The fourth-order valence-corrected chi connectivity index (χ4v) is 4.69. The molecule has 2 aromatic carbocycles. The van der Waals surface area contributed by atoms with E-state index in [2.05, 4.69) is 53.3 Å². The minimum Gasteiger partial charge on any atom is -0.381 e. The Morgan fingerprint density at radius 2 is 1.76 bits per heavy atom. The van der Waals surface area contributed by atoms with E-state index >= 15 is 0 Å². The Morgan fingerprint density at radius 3 is 2.48 bits per heavy atom. The van der Waals surface area contributed by atoms with Crippen molar-refractivity contribution in [3.8, 4) is 11.1 Å². The van der Waals surface area contributed by atoms with Crippen LogP contribution in [0.5, 0.6) is 0 Å². The maximum atomic E-state index is 13.4. The van der Waals surface area contributed by atoms with Crippen LogP contribution in [0, 0.1) is 20.8 Å². The van der Waals surface area contributed by atoms with Gasteiger partial charge >= 0.3 is 0 Å². The molecule has 0 bridgehead atoms. The lowest BCUT2D eigenvalue weighted by atomic mass is 9.94. The summed E-state index contributed by atoms with van der Waals surface area (Å²) < 4.78 is 7.28. The Kier molecular flexibility index (Phi) is 5.77. The van der Waals surface area contributed by atoms with Gasteiger partial charge in [0.1, 0.15) is 0 Å². The molecule has 0 saturated carbocycles. The molecule has 0 N–H and O–H groups in total. The molecule has 0 spiro atoms. The Hall–Kier alpha value is -3.38. The van der Waals surface area contributed by atoms with Crippen molar-refractivity contribution in [2.75, 3.05) is 13.2 Å². The van der Waals surface area contributed by atoms with Gasteiger partial charge in [0, 0.05) is 24.8 Å². The lowest BCUT2D eigenvalue weighted by Gasteiger charge is -2.24. The molecule has 168 valence electrons. The molecule has 1 aliphatic rings. The van der Waals surface area contributed by atoms with Gasteiger partial charge in [0.2, 0.25) is 0 Å². The van der Waals surface area contributed by atoms with Gasteiger partial charge in [-0.3, -0.25) is 9.36 Å². The fourth-order valence-electron chi connectivity index (χ4n) is 4.69. The zero-order valence-corrected chi connectivity index (χ0v) is 19.3. The predicted octanol–water partition coefficient (Wildman–Crippen LogP) is 4.72. The number of nitrogens with zero attached hydrogens (tertiary/aromatic N) is 4. The number of ether oxygens (including phenoxy) is 1. The van der Waals surface area contributed by atoms with Crippen LogP contribution in [0.4, 0.5) is 0 Å². The third-order valence-electron chi connectivity index (χ3n) is 6.79. The van der Waals surface area contributed by atoms with E-state index in [1.165, 1.54) is 11.1 Å². The monoisotopic (exact) mass is 440 g/mol. The van der Waals surface area contributed by atoms with E-state index in [-0.39, 0.29) is 11.6 Å². The third kappa shape index (κ3) is 4.18. The quantitative estimate of drug-likeness (QED) is 0.459. The smallest absolute Gasteiger partial charge is 0.261 e. The second kappa shape index (κ2) is 8.87. The highest BCUT2D eigenvalue weighted by molar-refractivity contribution is 5.83. The van der Waals surface area contributed by atoms with Crippen molar-refractivity contribution < 1.29 is 4.74 Å². The SMILES string of the molecule is Cc1cc(-c2ccc(Cc3cc4c(=O)n(C5CCOCC5)cnc4c(C)c3C)cc2)cnn1. The molecule has 4 aromatic rings. The second-order valence-corrected chi connectivity index (χ2v) is 8.94. The average Bonchev–Trinajstić information content (AvgIpc) is 2.84. The first-order valence-corrected chi connectivity index (χ1v) is 11.5. The molecule has 1 saturated heterocycles. The topological polar surface area (TPSA) is 69.9 Å². The summed E-state index contributed by atoms with van der Waals surface area (Å²) in [5.41, 5.74) is 8.57. The van der Waals surface area contributed by atoms with Gasteiger partial charge in [0.15, 0.2) is 0 Å². The van der Waals surface area contributed by atoms with Crippen molar-refractivity contribution >= 4 is 10.9 Å². The third-order valence-corrected chi connectivity index (χ3v) is 6.79. The van der Waals surface area contributed by atoms with Gasteiger partial charge in [0.05, 0.1) is 29.1 Å². The zero-order chi connectivity index (χ0) is 22.9. The van der Waals surface area contributed by atoms with Crippen LogP contribution in [0.25, 0.3) is 22.0 Å². The highest BCUT2D eigenvalue weighted by Crippen LogP contribution is 2.26. The van der Waals surface area contributed by atoms with Crippen LogP contribution in [-0.2, 0) is 11.2 Å². The van der Waals surface area contributed by atoms with Gasteiger partial charge in [-0.1, -0.05) is 24.3 Å². The molecule has 6 nitrogen and oxygen atoms in total. The summed E-state index contributed by atoms with van der Waals surface area (Å²) >= 11 is 0. The minimum absolute atomic E-state index is 0.0483. The minimum atomic E-state index is 0.0483. The predicted molar refractivity (Wildman–Crippen MR) is 130 cm³/mol. The standard InChI is InChI=1S/C27H28N4O2/c1-17-12-23(15-29-30-17)21-6-4-20(5-7-21)13-22-14-25-26(19(3)18(22)2)28-16-31(27(25)32)24-8-10-33-11-9-24/h4-7,12,14-16,24H,8-11,13H2,1-3H3. The molecule has 3 heterocycles. The summed E-state index contributed by atoms with van der Waals surface area (Å²) in [5.74, 6) is 0. The van der Waals surface area contributed by atoms with Crippen molar-refractivity contribution in [3.63, 3.8) is 0 Å². The summed E-state index contributed by atoms with van der Waals surface area (Å²) in [5, 5.41) is 8.80. The molecule has 1 fully saturated rings. The maximum Gasteiger partial charge on any atom is 0.261 e. The van der Waals surface area contributed by atoms with Gasteiger partial charge in [-0.05, 0) is 80.0 Å². The van der Waals surface area contributed by atoms with Crippen molar-refractivity contribution in [2.24, 2.45) is 0 Å². The van der Waals surface area contributed by atoms with E-state index in [0.717, 1.165) is 52.7 Å². The van der Waals surface area contributed by atoms with Crippen LogP contribution in [0.3, 0.4) is 0 Å². The number of benzene rings is 2. The van der Waals surface area contributed by atoms with E-state index in [9.17, 15) is 4.79 Å². The summed E-state index contributed by atoms with van der Waals surface area (Å²) in [7, 11) is 0. The zero-order valence-electron chi connectivity index (χ0n) is 19.3. The summed E-state index contributed by atoms with van der Waals surface area (Å²) in [6.07, 6.45) is 5.98. The van der Waals surface area contributed by atoms with Crippen LogP contribution in [0.15, 0.2) is 53.7 Å². The van der Waals surface area contributed by atoms with Crippen LogP contribution in [-0.4, -0.2) is 33.0 Å². The molecule has 6 heteroatoms. The van der Waals surface area contributed by atoms with Crippen molar-refractivity contribution in [2.45, 2.75) is 46.1 Å². The first kappa shape index (κ1) is 21.5. The van der Waals surface area contributed by atoms with Gasteiger partial charge in [-0.15, -0.1) is 0 Å². The average molecular weight is 441 g/mol. The van der Waals surface area contributed by atoms with Crippen molar-refractivity contribution in [1.82, 2.24) is 19.7 Å². The van der Waals surface area contributed by atoms with E-state index in [0.29, 0.717) is 18.6 Å². The maximum absolute atomic E-state index is 13.4. The highest BCUT2D eigenvalue weighted by atomic mass is 16.5. The number of aryl methyl sites for hydroxylation is 2. The number of hydrogen-bond acceptors (Lipinski definition) is 5. The summed E-state index contributed by atoms with van der Waals surface area (Å²) in [6, 6.07) is 12.8. The Bertz CT molecular complexity index is 1370. The number of rotatable bonds is 4. The number of aromatic nitrogens is 4. The molecule has 0 atom stereocenters. The molecule has 0 radical (unpaired) electrons. The first-order chi connectivity index (χ1) is 16.0. The second-order valence-electron chi connectivity index (χ2n) is 8.94. The van der Waals surface area contributed by atoms with E-state index < -0.39 is 0 Å². The van der Waals surface area contributed by atoms with Gasteiger partial charge < -0.3 is 4.74 Å². The summed E-state index contributed by atoms with van der Waals surface area (Å²) in [6.45, 7) is 7.52. The molecule has 0 unspecified atom stereocenters. The van der Waals surface area contributed by atoms with Crippen LogP contribution in [0.2, 0.25) is 0 Å². The molecular formula is C27H28N4O2. The lowest BCUT2D eigenvalue weighted by molar-refractivity contribution is 0.0685. The fraction of sp³-hybridized carbons (Fsp3) is 0.333. The van der Waals surface area contributed by atoms with Crippen LogP contribution in [0.1, 0.15) is 46.8 Å². The lowest BCUT2D eigenvalue weighted by Crippen LogP contribution is -2.29. The van der Waals surface area contributed by atoms with Crippen LogP contribution >= 0.6 is 0 Å². The van der Waals surface area contributed by atoms with E-state index in [1.807, 2.05) is 23.6 Å². The van der Waals surface area contributed by atoms with Crippen molar-refractivity contribution in [3.05, 3.63) is 87.2 Å². The largest absolute Gasteiger partial charge is 0.381 e. The Labute approximate surface area is 193 Å². The highest BCUT2D eigenvalue weighted by Gasteiger charge is 2.19. The van der Waals surface area contributed by atoms with E-state index in [4.69, 9.17) is 4.74 Å². The molecule has 5 rings (SSSR count). The molecule has 1 aliphatic heterocycles.